The van der Waals surface area contributed by atoms with Crippen LogP contribution in [-0.2, 0) is 23.3 Å². The van der Waals surface area contributed by atoms with Crippen LogP contribution in [0.15, 0.2) is 52.7 Å². The first-order chi connectivity index (χ1) is 25.5. The van der Waals surface area contributed by atoms with E-state index in [0.29, 0.717) is 42.6 Å². The Morgan fingerprint density at radius 2 is 1.85 bits per heavy atom. The molecule has 3 atom stereocenters. The fraction of sp³-hybridized carbons (Fsp3) is 0.526. The van der Waals surface area contributed by atoms with Crippen molar-refractivity contribution in [2.45, 2.75) is 87.5 Å². The summed E-state index contributed by atoms with van der Waals surface area (Å²) in [5.41, 5.74) is 3.55. The average molecular weight is 750 g/mol. The zero-order valence-electron chi connectivity index (χ0n) is 30.1. The maximum atomic E-state index is 13.7. The topological polar surface area (TPSA) is 136 Å². The molecule has 0 radical (unpaired) electrons. The summed E-state index contributed by atoms with van der Waals surface area (Å²) < 4.78 is 41.0. The molecule has 4 aliphatic rings. The van der Waals surface area contributed by atoms with Crippen molar-refractivity contribution in [1.82, 2.24) is 30.8 Å². The number of fused-ring (bicyclic) bond motifs is 4. The Balaban J connectivity index is 0.862. The first kappa shape index (κ1) is 37.1. The van der Waals surface area contributed by atoms with Crippen LogP contribution in [0.25, 0.3) is 11.1 Å². The summed E-state index contributed by atoms with van der Waals surface area (Å²) in [5.74, 6) is 2.32. The molecule has 4 N–H and O–H groups in total. The van der Waals surface area contributed by atoms with Gasteiger partial charge in [-0.2, -0.15) is 24.9 Å². The summed E-state index contributed by atoms with van der Waals surface area (Å²) in [6, 6.07) is 13.0. The van der Waals surface area contributed by atoms with Crippen molar-refractivity contribution in [3.63, 3.8) is 0 Å². The lowest BCUT2D eigenvalue weighted by molar-refractivity contribution is -0.166. The van der Waals surface area contributed by atoms with Crippen LogP contribution in [0.5, 0.6) is 0 Å². The lowest BCUT2D eigenvalue weighted by Gasteiger charge is -2.18. The van der Waals surface area contributed by atoms with Crippen LogP contribution >= 0.6 is 11.8 Å². The van der Waals surface area contributed by atoms with Gasteiger partial charge >= 0.3 is 17.9 Å². The second-order valence-electron chi connectivity index (χ2n) is 14.5. The number of hydrogen-bond acceptors (Lipinski definition) is 9. The molecule has 1 aliphatic carbocycles. The molecule has 0 spiro atoms. The molecule has 3 aromatic rings. The van der Waals surface area contributed by atoms with E-state index in [0.717, 1.165) is 73.6 Å². The molecule has 2 aromatic carbocycles. The molecule has 2 saturated heterocycles. The van der Waals surface area contributed by atoms with Crippen LogP contribution in [-0.4, -0.2) is 89.3 Å². The molecule has 7 rings (SSSR count). The number of nitrogens with one attached hydrogen (secondary N) is 4. The van der Waals surface area contributed by atoms with Gasteiger partial charge in [-0.05, 0) is 69.4 Å². The zero-order valence-corrected chi connectivity index (χ0v) is 30.9. The highest BCUT2D eigenvalue weighted by Gasteiger charge is 2.65. The van der Waals surface area contributed by atoms with Crippen molar-refractivity contribution >= 4 is 29.5 Å². The molecule has 4 heterocycles. The van der Waals surface area contributed by atoms with Crippen molar-refractivity contribution in [3.05, 3.63) is 76.2 Å². The number of nitrogens with zero attached hydrogens (tertiary/aromatic N) is 5. The molecule has 282 valence electrons. The highest BCUT2D eigenvalue weighted by atomic mass is 32.2. The Hall–Kier alpha value is -4.24. The molecule has 1 aromatic heterocycles. The molecule has 0 saturated carbocycles. The normalized spacial score (nSPS) is 20.5. The third kappa shape index (κ3) is 8.45. The number of unbranched alkanes of at least 4 members (excludes halogenated alkanes) is 1. The summed E-state index contributed by atoms with van der Waals surface area (Å²) >= 11 is 1.90. The number of hydrogen-bond donors (Lipinski definition) is 4. The summed E-state index contributed by atoms with van der Waals surface area (Å²) in [4.78, 5) is 36.0. The number of amides is 3. The van der Waals surface area contributed by atoms with Gasteiger partial charge in [-0.1, -0.05) is 54.4 Å². The van der Waals surface area contributed by atoms with E-state index in [-0.39, 0.29) is 36.0 Å². The van der Waals surface area contributed by atoms with Gasteiger partial charge in [-0.25, -0.2) is 14.8 Å². The van der Waals surface area contributed by atoms with E-state index in [1.54, 1.807) is 12.1 Å². The SMILES string of the molecule is Cc1ccc2c(c1)Cc1nc(Cc3cccc(C4(C(F)(F)F)N=N4)c3)nc(NCCCN(C)CCCNC(=O)CCCC[C@@H]3SC[C@@H]4NC(=O)N[C@@H]43)c1-2. The Labute approximate surface area is 311 Å². The minimum absolute atomic E-state index is 0.000366. The minimum atomic E-state index is -4.59. The number of thioether (sulfide) groups is 1. The number of alkyl halides is 3. The van der Waals surface area contributed by atoms with Crippen molar-refractivity contribution < 1.29 is 22.8 Å². The fourth-order valence-electron chi connectivity index (χ4n) is 7.60. The summed E-state index contributed by atoms with van der Waals surface area (Å²) in [6.45, 7) is 5.10. The van der Waals surface area contributed by atoms with Gasteiger partial charge in [0.1, 0.15) is 11.6 Å². The molecule has 15 heteroatoms. The molecular weight excluding hydrogens is 704 g/mol. The molecule has 0 bridgehead atoms. The Morgan fingerprint density at radius 3 is 2.64 bits per heavy atom. The molecule has 3 aliphatic heterocycles. The quantitative estimate of drug-likeness (QED) is 0.0758. The van der Waals surface area contributed by atoms with Crippen LogP contribution in [0.1, 0.15) is 72.3 Å². The number of rotatable bonds is 17. The van der Waals surface area contributed by atoms with Gasteiger partial charge in [0.05, 0.1) is 17.8 Å². The van der Waals surface area contributed by atoms with Gasteiger partial charge in [0, 0.05) is 54.5 Å². The lowest BCUT2D eigenvalue weighted by atomic mass is 9.99. The van der Waals surface area contributed by atoms with Crippen LogP contribution < -0.4 is 21.3 Å². The lowest BCUT2D eigenvalue weighted by Crippen LogP contribution is -2.36. The number of anilines is 1. The molecule has 2 fully saturated rings. The molecule has 0 unspecified atom stereocenters. The van der Waals surface area contributed by atoms with Crippen LogP contribution in [0.4, 0.5) is 23.8 Å². The van der Waals surface area contributed by atoms with Crippen molar-refractivity contribution in [1.29, 1.82) is 0 Å². The van der Waals surface area contributed by atoms with Gasteiger partial charge in [-0.15, -0.1) is 10.2 Å². The van der Waals surface area contributed by atoms with Gasteiger partial charge < -0.3 is 26.2 Å². The van der Waals surface area contributed by atoms with E-state index >= 15 is 0 Å². The van der Waals surface area contributed by atoms with Crippen LogP contribution in [0, 0.1) is 6.92 Å². The van der Waals surface area contributed by atoms with Gasteiger partial charge in [0.25, 0.3) is 0 Å². The number of carbonyl (C=O) groups is 2. The minimum Gasteiger partial charge on any atom is -0.369 e. The van der Waals surface area contributed by atoms with Crippen LogP contribution in [0.2, 0.25) is 0 Å². The van der Waals surface area contributed by atoms with Crippen molar-refractivity contribution in [3.8, 4) is 11.1 Å². The van der Waals surface area contributed by atoms with E-state index in [9.17, 15) is 22.8 Å². The number of benzene rings is 2. The zero-order chi connectivity index (χ0) is 37.2. The van der Waals surface area contributed by atoms with E-state index in [4.69, 9.17) is 9.97 Å². The number of carbonyl (C=O) groups excluding carboxylic acids is 2. The van der Waals surface area contributed by atoms with E-state index in [2.05, 4.69) is 68.6 Å². The van der Waals surface area contributed by atoms with Crippen molar-refractivity contribution in [2.24, 2.45) is 10.2 Å². The maximum Gasteiger partial charge on any atom is 0.442 e. The smallest absolute Gasteiger partial charge is 0.369 e. The maximum absolute atomic E-state index is 13.7. The van der Waals surface area contributed by atoms with E-state index < -0.39 is 11.8 Å². The summed E-state index contributed by atoms with van der Waals surface area (Å²) in [5, 5.41) is 19.7. The molecule has 3 amide bonds. The fourth-order valence-corrected chi connectivity index (χ4v) is 9.14. The predicted octanol–water partition coefficient (Wildman–Crippen LogP) is 6.09. The summed E-state index contributed by atoms with van der Waals surface area (Å²) in [6.07, 6.45) is 1.43. The standard InChI is InChI=1S/C38H46F3N9O2S/c1-23-12-13-27-25(18-23)21-28-33(27)35(46-31(44-28)20-24-8-5-9-26(19-24)37(48-49-37)38(39,40)41)43-15-7-17-50(2)16-6-14-42-32(51)11-4-3-10-30-34-29(22-53-30)45-36(52)47-34/h5,8-9,12-13,18-19,29-30,34H,3-4,6-7,10-11,14-17,20-22H2,1-2H3,(H,42,51)(H,43,44,46)(H2,45,47,52)/t29-,30-,34-/m0/s1. The number of aromatic nitrogens is 2. The third-order valence-electron chi connectivity index (χ3n) is 10.4. The van der Waals surface area contributed by atoms with Gasteiger partial charge in [-0.3, -0.25) is 4.79 Å². The number of halogens is 3. The Morgan fingerprint density at radius 1 is 1.04 bits per heavy atom. The molecular formula is C38H46F3N9O2S. The Bertz CT molecular complexity index is 1870. The van der Waals surface area contributed by atoms with Crippen LogP contribution in [0.3, 0.4) is 0 Å². The molecule has 11 nitrogen and oxygen atoms in total. The van der Waals surface area contributed by atoms with E-state index in [1.165, 1.54) is 23.3 Å². The predicted molar refractivity (Wildman–Crippen MR) is 199 cm³/mol. The van der Waals surface area contributed by atoms with Crippen molar-refractivity contribution in [2.75, 3.05) is 44.3 Å². The second-order valence-corrected chi connectivity index (χ2v) is 15.8. The Kier molecular flexibility index (Phi) is 10.9. The highest BCUT2D eigenvalue weighted by molar-refractivity contribution is 8.00. The molecule has 53 heavy (non-hydrogen) atoms. The van der Waals surface area contributed by atoms with Gasteiger partial charge in [0.15, 0.2) is 0 Å². The first-order valence-corrected chi connectivity index (χ1v) is 19.5. The number of urea groups is 1. The largest absolute Gasteiger partial charge is 0.442 e. The first-order valence-electron chi connectivity index (χ1n) is 18.5. The third-order valence-corrected chi connectivity index (χ3v) is 11.9. The summed E-state index contributed by atoms with van der Waals surface area (Å²) in [7, 11) is 2.08. The number of aryl methyl sites for hydroxylation is 1. The monoisotopic (exact) mass is 749 g/mol. The highest BCUT2D eigenvalue weighted by Crippen LogP contribution is 2.52. The average Bonchev–Trinajstić information content (AvgIpc) is 3.60. The van der Waals surface area contributed by atoms with Gasteiger partial charge in [0.2, 0.25) is 5.91 Å². The second kappa shape index (κ2) is 15.6. The van der Waals surface area contributed by atoms with E-state index in [1.807, 2.05) is 11.8 Å².